The molecule has 0 saturated carbocycles. The van der Waals surface area contributed by atoms with Crippen LogP contribution in [0.2, 0.25) is 0 Å². The Kier molecular flexibility index (Phi) is 5.17. The van der Waals surface area contributed by atoms with Crippen LogP contribution < -0.4 is 15.8 Å². The van der Waals surface area contributed by atoms with Crippen molar-refractivity contribution >= 4 is 22.9 Å². The maximum atomic E-state index is 5.78. The van der Waals surface area contributed by atoms with Gasteiger partial charge < -0.3 is 15.8 Å². The molecule has 0 radical (unpaired) electrons. The van der Waals surface area contributed by atoms with Crippen molar-refractivity contribution < 1.29 is 4.74 Å². The standard InChI is InChI=1S/C17H20N2OS/c1-12-7-8-15(14(11-12)17(18)21)19-10-9-13-5-3-4-6-16(13)20-2/h3-8,11,19H,9-10H2,1-2H3,(H2,18,21). The molecule has 0 atom stereocenters. The van der Waals surface area contributed by atoms with Crippen molar-refractivity contribution in [1.29, 1.82) is 0 Å². The Bertz CT molecular complexity index is 640. The minimum atomic E-state index is 0.415. The molecule has 0 aromatic heterocycles. The second kappa shape index (κ2) is 7.09. The molecule has 0 fully saturated rings. The highest BCUT2D eigenvalue weighted by atomic mass is 32.1. The third-order valence-corrected chi connectivity index (χ3v) is 3.56. The van der Waals surface area contributed by atoms with Gasteiger partial charge in [0, 0.05) is 17.8 Å². The van der Waals surface area contributed by atoms with Gasteiger partial charge in [0.05, 0.1) is 7.11 Å². The smallest absolute Gasteiger partial charge is 0.122 e. The first kappa shape index (κ1) is 15.3. The van der Waals surface area contributed by atoms with E-state index in [4.69, 9.17) is 22.7 Å². The lowest BCUT2D eigenvalue weighted by atomic mass is 10.1. The van der Waals surface area contributed by atoms with Gasteiger partial charge in [-0.1, -0.05) is 42.0 Å². The molecule has 0 aliphatic heterocycles. The Morgan fingerprint density at radius 2 is 2.00 bits per heavy atom. The van der Waals surface area contributed by atoms with Gasteiger partial charge in [-0.15, -0.1) is 0 Å². The molecule has 0 heterocycles. The van der Waals surface area contributed by atoms with Crippen molar-refractivity contribution in [1.82, 2.24) is 0 Å². The van der Waals surface area contributed by atoms with Crippen LogP contribution in [0.15, 0.2) is 42.5 Å². The molecule has 110 valence electrons. The van der Waals surface area contributed by atoms with E-state index in [-0.39, 0.29) is 0 Å². The molecule has 2 rings (SSSR count). The van der Waals surface area contributed by atoms with Crippen LogP contribution in [0.3, 0.4) is 0 Å². The highest BCUT2D eigenvalue weighted by Crippen LogP contribution is 2.20. The van der Waals surface area contributed by atoms with Crippen LogP contribution in [0, 0.1) is 6.92 Å². The lowest BCUT2D eigenvalue weighted by Gasteiger charge is -2.13. The highest BCUT2D eigenvalue weighted by Gasteiger charge is 2.06. The van der Waals surface area contributed by atoms with Crippen molar-refractivity contribution in [3.63, 3.8) is 0 Å². The van der Waals surface area contributed by atoms with Crippen molar-refractivity contribution in [3.8, 4) is 5.75 Å². The van der Waals surface area contributed by atoms with Gasteiger partial charge in [-0.2, -0.15) is 0 Å². The number of aryl methyl sites for hydroxylation is 1. The fourth-order valence-corrected chi connectivity index (χ4v) is 2.43. The van der Waals surface area contributed by atoms with Crippen LogP contribution in [-0.2, 0) is 6.42 Å². The first-order valence-corrected chi connectivity index (χ1v) is 7.29. The lowest BCUT2D eigenvalue weighted by Crippen LogP contribution is -2.15. The Hall–Kier alpha value is -2.07. The number of rotatable bonds is 6. The predicted octanol–water partition coefficient (Wildman–Crippen LogP) is 3.29. The van der Waals surface area contributed by atoms with Crippen LogP contribution in [0.4, 0.5) is 5.69 Å². The molecular weight excluding hydrogens is 280 g/mol. The first-order valence-electron chi connectivity index (χ1n) is 6.88. The summed E-state index contributed by atoms with van der Waals surface area (Å²) in [5.41, 5.74) is 9.98. The second-order valence-electron chi connectivity index (χ2n) is 4.90. The number of para-hydroxylation sites is 1. The summed E-state index contributed by atoms with van der Waals surface area (Å²) in [7, 11) is 1.69. The molecule has 21 heavy (non-hydrogen) atoms. The largest absolute Gasteiger partial charge is 0.496 e. The minimum Gasteiger partial charge on any atom is -0.496 e. The zero-order valence-corrected chi connectivity index (χ0v) is 13.2. The summed E-state index contributed by atoms with van der Waals surface area (Å²) in [5, 5.41) is 3.40. The monoisotopic (exact) mass is 300 g/mol. The normalized spacial score (nSPS) is 10.2. The maximum absolute atomic E-state index is 5.78. The van der Waals surface area contributed by atoms with Crippen LogP contribution in [-0.4, -0.2) is 18.6 Å². The summed E-state index contributed by atoms with van der Waals surface area (Å²) in [4.78, 5) is 0.415. The Morgan fingerprint density at radius 3 is 2.71 bits per heavy atom. The zero-order valence-electron chi connectivity index (χ0n) is 12.3. The average Bonchev–Trinajstić information content (AvgIpc) is 2.49. The van der Waals surface area contributed by atoms with Crippen LogP contribution >= 0.6 is 12.2 Å². The van der Waals surface area contributed by atoms with E-state index >= 15 is 0 Å². The molecule has 2 aromatic rings. The summed E-state index contributed by atoms with van der Waals surface area (Å²) in [5.74, 6) is 0.915. The third-order valence-electron chi connectivity index (χ3n) is 3.34. The van der Waals surface area contributed by atoms with Crippen molar-refractivity contribution in [2.24, 2.45) is 5.73 Å². The van der Waals surface area contributed by atoms with E-state index in [0.29, 0.717) is 4.99 Å². The average molecular weight is 300 g/mol. The fourth-order valence-electron chi connectivity index (χ4n) is 2.26. The number of benzene rings is 2. The van der Waals surface area contributed by atoms with E-state index < -0.39 is 0 Å². The van der Waals surface area contributed by atoms with Crippen molar-refractivity contribution in [2.45, 2.75) is 13.3 Å². The van der Waals surface area contributed by atoms with Gasteiger partial charge in [0.2, 0.25) is 0 Å². The molecule has 0 amide bonds. The molecule has 0 unspecified atom stereocenters. The third kappa shape index (κ3) is 3.95. The Balaban J connectivity index is 2.05. The fraction of sp³-hybridized carbons (Fsp3) is 0.235. The molecular formula is C17H20N2OS. The summed E-state index contributed by atoms with van der Waals surface area (Å²) in [6, 6.07) is 14.1. The Labute approximate surface area is 131 Å². The molecule has 0 aliphatic carbocycles. The number of thiocarbonyl (C=S) groups is 1. The molecule has 0 saturated heterocycles. The number of ether oxygens (including phenoxy) is 1. The zero-order chi connectivity index (χ0) is 15.2. The van der Waals surface area contributed by atoms with Gasteiger partial charge >= 0.3 is 0 Å². The van der Waals surface area contributed by atoms with Gasteiger partial charge in [0.1, 0.15) is 10.7 Å². The molecule has 4 heteroatoms. The first-order chi connectivity index (χ1) is 10.1. The molecule has 2 aromatic carbocycles. The number of hydrogen-bond acceptors (Lipinski definition) is 3. The number of anilines is 1. The van der Waals surface area contributed by atoms with Crippen molar-refractivity contribution in [3.05, 3.63) is 59.2 Å². The van der Waals surface area contributed by atoms with Crippen molar-refractivity contribution in [2.75, 3.05) is 19.0 Å². The van der Waals surface area contributed by atoms with E-state index in [1.807, 2.05) is 43.3 Å². The molecule has 0 aliphatic rings. The van der Waals surface area contributed by atoms with E-state index in [1.54, 1.807) is 7.11 Å². The van der Waals surface area contributed by atoms with Gasteiger partial charge in [0.15, 0.2) is 0 Å². The number of nitrogens with two attached hydrogens (primary N) is 1. The topological polar surface area (TPSA) is 47.3 Å². The van der Waals surface area contributed by atoms with Crippen LogP contribution in [0.1, 0.15) is 16.7 Å². The molecule has 3 nitrogen and oxygen atoms in total. The SMILES string of the molecule is COc1ccccc1CCNc1ccc(C)cc1C(N)=S. The van der Waals surface area contributed by atoms with Crippen LogP contribution in [0.5, 0.6) is 5.75 Å². The lowest BCUT2D eigenvalue weighted by molar-refractivity contribution is 0.410. The van der Waals surface area contributed by atoms with Crippen LogP contribution in [0.25, 0.3) is 0 Å². The van der Waals surface area contributed by atoms with E-state index in [2.05, 4.69) is 11.4 Å². The molecule has 3 N–H and O–H groups in total. The maximum Gasteiger partial charge on any atom is 0.122 e. The molecule has 0 spiro atoms. The van der Waals surface area contributed by atoms with Gasteiger partial charge in [-0.05, 0) is 37.1 Å². The summed E-state index contributed by atoms with van der Waals surface area (Å²) >= 11 is 5.11. The van der Waals surface area contributed by atoms with E-state index in [1.165, 1.54) is 5.56 Å². The number of nitrogens with one attached hydrogen (secondary N) is 1. The molecule has 0 bridgehead atoms. The number of methoxy groups -OCH3 is 1. The Morgan fingerprint density at radius 1 is 1.24 bits per heavy atom. The highest BCUT2D eigenvalue weighted by molar-refractivity contribution is 7.80. The van der Waals surface area contributed by atoms with E-state index in [0.717, 1.165) is 35.5 Å². The summed E-state index contributed by atoms with van der Waals surface area (Å²) in [6.45, 7) is 2.82. The van der Waals surface area contributed by atoms with Gasteiger partial charge in [-0.3, -0.25) is 0 Å². The predicted molar refractivity (Wildman–Crippen MR) is 92.3 cm³/mol. The second-order valence-corrected chi connectivity index (χ2v) is 5.34. The van der Waals surface area contributed by atoms with Gasteiger partial charge in [-0.25, -0.2) is 0 Å². The minimum absolute atomic E-state index is 0.415. The number of hydrogen-bond donors (Lipinski definition) is 2. The summed E-state index contributed by atoms with van der Waals surface area (Å²) < 4.78 is 5.36. The van der Waals surface area contributed by atoms with Gasteiger partial charge in [0.25, 0.3) is 0 Å². The quantitative estimate of drug-likeness (QED) is 0.804. The summed E-state index contributed by atoms with van der Waals surface area (Å²) in [6.07, 6.45) is 0.870. The van der Waals surface area contributed by atoms with E-state index in [9.17, 15) is 0 Å².